The second kappa shape index (κ2) is 8.05. The van der Waals surface area contributed by atoms with Crippen molar-refractivity contribution in [1.82, 2.24) is 0 Å². The molecule has 0 saturated carbocycles. The number of benzene rings is 4. The minimum atomic E-state index is -0.227. The van der Waals surface area contributed by atoms with Crippen LogP contribution in [0.15, 0.2) is 97.0 Å². The van der Waals surface area contributed by atoms with Gasteiger partial charge in [0.05, 0.1) is 12.3 Å². The molecule has 2 heteroatoms. The van der Waals surface area contributed by atoms with Gasteiger partial charge in [0.25, 0.3) is 0 Å². The molecule has 0 aliphatic rings. The van der Waals surface area contributed by atoms with E-state index in [0.29, 0.717) is 11.6 Å². The molecular formula is C30H25FN+. The first-order valence-corrected chi connectivity index (χ1v) is 10.8. The Kier molecular flexibility index (Phi) is 4.77. The van der Waals surface area contributed by atoms with Crippen LogP contribution in [0, 0.1) is 19.7 Å². The Hall–Kier alpha value is -3.78. The fraction of sp³-hybridized carbons (Fsp3) is 0.100. The van der Waals surface area contributed by atoms with Crippen molar-refractivity contribution in [3.8, 4) is 33.5 Å². The molecule has 0 unspecified atom stereocenters. The second-order valence-corrected chi connectivity index (χ2v) is 8.26. The summed E-state index contributed by atoms with van der Waals surface area (Å²) in [5, 5.41) is 1.88. The van der Waals surface area contributed by atoms with Gasteiger partial charge in [-0.3, -0.25) is 0 Å². The Morgan fingerprint density at radius 2 is 1.38 bits per heavy atom. The number of aromatic nitrogens is 1. The third kappa shape index (κ3) is 3.48. The summed E-state index contributed by atoms with van der Waals surface area (Å²) in [5.74, 6) is -0.227. The molecule has 0 radical (unpaired) electrons. The van der Waals surface area contributed by atoms with E-state index in [0.717, 1.165) is 50.0 Å². The normalized spacial score (nSPS) is 11.6. The molecule has 0 amide bonds. The Balaban J connectivity index is 1.80. The highest BCUT2D eigenvalue weighted by molar-refractivity contribution is 5.97. The largest absolute Gasteiger partial charge is 0.220 e. The van der Waals surface area contributed by atoms with Crippen LogP contribution in [0.5, 0.6) is 0 Å². The highest BCUT2D eigenvalue weighted by Gasteiger charge is 2.22. The summed E-state index contributed by atoms with van der Waals surface area (Å²) in [6.07, 6.45) is 0. The van der Waals surface area contributed by atoms with E-state index in [9.17, 15) is 4.39 Å². The molecule has 1 nitrogen and oxygen atoms in total. The Labute approximate surface area is 189 Å². The average Bonchev–Trinajstić information content (AvgIpc) is 2.85. The van der Waals surface area contributed by atoms with Gasteiger partial charge in [0.1, 0.15) is 12.9 Å². The van der Waals surface area contributed by atoms with E-state index in [2.05, 4.69) is 34.9 Å². The van der Waals surface area contributed by atoms with E-state index in [-0.39, 0.29) is 5.82 Å². The number of hydrogen-bond acceptors (Lipinski definition) is 0. The zero-order valence-corrected chi connectivity index (χ0v) is 18.5. The lowest BCUT2D eigenvalue weighted by Crippen LogP contribution is -2.35. The van der Waals surface area contributed by atoms with Crippen LogP contribution < -0.4 is 4.57 Å². The first-order valence-electron chi connectivity index (χ1n) is 11.3. The molecule has 0 saturated heterocycles. The van der Waals surface area contributed by atoms with E-state index >= 15 is 0 Å². The third-order valence-electron chi connectivity index (χ3n) is 6.19. The SMILES string of the molecule is [2H]c1c(C)[n+](C)c(-c2cc(-c3ccccc3)c(F)cc2C)c2ccc(-c3ccccc3)cc12. The third-order valence-corrected chi connectivity index (χ3v) is 6.19. The van der Waals surface area contributed by atoms with Gasteiger partial charge in [-0.15, -0.1) is 0 Å². The molecule has 0 spiro atoms. The molecule has 0 aliphatic heterocycles. The van der Waals surface area contributed by atoms with Crippen LogP contribution in [-0.2, 0) is 7.05 Å². The molecule has 5 rings (SSSR count). The van der Waals surface area contributed by atoms with Crippen LogP contribution in [0.1, 0.15) is 12.6 Å². The summed E-state index contributed by atoms with van der Waals surface area (Å²) in [6.45, 7) is 3.92. The Morgan fingerprint density at radius 3 is 2.06 bits per heavy atom. The summed E-state index contributed by atoms with van der Waals surface area (Å²) < 4.78 is 25.9. The highest BCUT2D eigenvalue weighted by atomic mass is 19.1. The number of aryl methyl sites for hydroxylation is 1. The molecule has 1 heterocycles. The Bertz CT molecular complexity index is 1490. The van der Waals surface area contributed by atoms with Gasteiger partial charge in [-0.25, -0.2) is 4.39 Å². The summed E-state index contributed by atoms with van der Waals surface area (Å²) in [7, 11) is 1.98. The lowest BCUT2D eigenvalue weighted by atomic mass is 9.93. The molecule has 4 aromatic carbocycles. The molecule has 0 bridgehead atoms. The minimum absolute atomic E-state index is 0.227. The fourth-order valence-electron chi connectivity index (χ4n) is 4.38. The van der Waals surface area contributed by atoms with E-state index in [4.69, 9.17) is 1.37 Å². The van der Waals surface area contributed by atoms with E-state index in [1.54, 1.807) is 6.07 Å². The molecular weight excluding hydrogens is 393 g/mol. The smallest absolute Gasteiger partial charge is 0.206 e. The number of fused-ring (bicyclic) bond motifs is 1. The molecule has 0 N–H and O–H groups in total. The van der Waals surface area contributed by atoms with Crippen LogP contribution in [0.4, 0.5) is 4.39 Å². The lowest BCUT2D eigenvalue weighted by Gasteiger charge is -2.13. The van der Waals surface area contributed by atoms with Gasteiger partial charge in [0.2, 0.25) is 5.69 Å². The number of rotatable bonds is 3. The fourth-order valence-corrected chi connectivity index (χ4v) is 4.38. The number of hydrogen-bond donors (Lipinski definition) is 0. The minimum Gasteiger partial charge on any atom is -0.206 e. The van der Waals surface area contributed by atoms with Crippen molar-refractivity contribution in [2.45, 2.75) is 13.8 Å². The number of nitrogens with zero attached hydrogens (tertiary/aromatic N) is 1. The van der Waals surface area contributed by atoms with Crippen molar-refractivity contribution in [1.29, 1.82) is 0 Å². The monoisotopic (exact) mass is 419 g/mol. The van der Waals surface area contributed by atoms with Crippen LogP contribution in [0.2, 0.25) is 0 Å². The van der Waals surface area contributed by atoms with Gasteiger partial charge < -0.3 is 0 Å². The summed E-state index contributed by atoms with van der Waals surface area (Å²) in [4.78, 5) is 0. The van der Waals surface area contributed by atoms with Crippen molar-refractivity contribution in [2.24, 2.45) is 7.05 Å². The molecule has 32 heavy (non-hydrogen) atoms. The summed E-state index contributed by atoms with van der Waals surface area (Å²) in [5.41, 5.74) is 7.33. The predicted molar refractivity (Wildman–Crippen MR) is 131 cm³/mol. The van der Waals surface area contributed by atoms with Gasteiger partial charge in [0, 0.05) is 18.5 Å². The van der Waals surface area contributed by atoms with Crippen LogP contribution in [-0.4, -0.2) is 0 Å². The van der Waals surface area contributed by atoms with Crippen molar-refractivity contribution in [3.63, 3.8) is 0 Å². The summed E-state index contributed by atoms with van der Waals surface area (Å²) in [6, 6.07) is 30.2. The van der Waals surface area contributed by atoms with E-state index < -0.39 is 0 Å². The van der Waals surface area contributed by atoms with Gasteiger partial charge in [0.15, 0.2) is 5.69 Å². The first-order chi connectivity index (χ1) is 16.0. The zero-order valence-electron chi connectivity index (χ0n) is 19.5. The van der Waals surface area contributed by atoms with Gasteiger partial charge in [-0.05, 0) is 58.8 Å². The van der Waals surface area contributed by atoms with E-state index in [1.807, 2.05) is 75.5 Å². The van der Waals surface area contributed by atoms with Gasteiger partial charge >= 0.3 is 0 Å². The van der Waals surface area contributed by atoms with Crippen molar-refractivity contribution in [3.05, 3.63) is 114 Å². The van der Waals surface area contributed by atoms with Crippen LogP contribution >= 0.6 is 0 Å². The summed E-state index contributed by atoms with van der Waals surface area (Å²) >= 11 is 0. The second-order valence-electron chi connectivity index (χ2n) is 8.26. The zero-order chi connectivity index (χ0) is 23.1. The van der Waals surface area contributed by atoms with E-state index in [1.165, 1.54) is 0 Å². The standard InChI is InChI=1S/C30H25FN/c1-20-16-29(31)28(23-12-8-5-9-13-23)19-27(20)30-26-15-14-24(22-10-6-4-7-11-22)18-25(26)17-21(2)32(30)3/h4-19H,1-3H3/q+1/i17D. The molecule has 0 atom stereocenters. The quantitative estimate of drug-likeness (QED) is 0.268. The first kappa shape index (κ1) is 18.9. The van der Waals surface area contributed by atoms with Crippen molar-refractivity contribution in [2.75, 3.05) is 0 Å². The Morgan fingerprint density at radius 1 is 0.719 bits per heavy atom. The van der Waals surface area contributed by atoms with Crippen molar-refractivity contribution < 1.29 is 10.3 Å². The average molecular weight is 420 g/mol. The van der Waals surface area contributed by atoms with Gasteiger partial charge in [-0.2, -0.15) is 4.57 Å². The molecule has 1 aromatic heterocycles. The van der Waals surface area contributed by atoms with Crippen molar-refractivity contribution >= 4 is 10.8 Å². The van der Waals surface area contributed by atoms with Crippen LogP contribution in [0.25, 0.3) is 44.3 Å². The highest BCUT2D eigenvalue weighted by Crippen LogP contribution is 2.35. The lowest BCUT2D eigenvalue weighted by molar-refractivity contribution is -0.665. The maximum absolute atomic E-state index is 15.0. The van der Waals surface area contributed by atoms with Gasteiger partial charge in [-0.1, -0.05) is 66.7 Å². The molecule has 0 fully saturated rings. The molecule has 0 aliphatic carbocycles. The maximum Gasteiger partial charge on any atom is 0.220 e. The van der Waals surface area contributed by atoms with Crippen LogP contribution in [0.3, 0.4) is 0 Å². The maximum atomic E-state index is 15.0. The topological polar surface area (TPSA) is 3.88 Å². The molecule has 156 valence electrons. The molecule has 5 aromatic rings. The number of pyridine rings is 1. The number of halogens is 1. The predicted octanol–water partition coefficient (Wildman–Crippen LogP) is 7.42.